The monoisotopic (exact) mass is 891 g/mol. The van der Waals surface area contributed by atoms with Gasteiger partial charge in [-0.1, -0.05) is 12.8 Å². The zero-order chi connectivity index (χ0) is 45.2. The van der Waals surface area contributed by atoms with Gasteiger partial charge in [0.1, 0.15) is 73.2 Å². The number of nitrogens with zero attached hydrogens (tertiary/aromatic N) is 1. The molecule has 3 aliphatic rings. The summed E-state index contributed by atoms with van der Waals surface area (Å²) in [6, 6.07) is -1.11. The Balaban J connectivity index is 1.66. The standard InChI is InChI=1S/C35H65N5O21/c36-5-3-1-2-4-17(32(55)39-8-11-58-35-31(54)28(51)25(48)20(16-43)61-35)40(12-21(44)37-6-9-56-33-29(52)26(49)23(46)18(14-41)59-33)13-22(45)38-7-10-57-34-30(53)27(50)24(47)19(15-42)60-34/h17-20,23-31,33-35,41-43,46-54H,1-16,36H2,(H,37,44)(H,38,45)(H,39,55)/t17?,18-,19-,20-,23-,24-,25-,26+,27+,28+,29+,30+,31+,33+,34+,35+/m1/s1. The van der Waals surface area contributed by atoms with Crippen LogP contribution in [0.25, 0.3) is 0 Å². The second-order valence-corrected chi connectivity index (χ2v) is 14.8. The van der Waals surface area contributed by atoms with E-state index in [1.165, 1.54) is 4.90 Å². The highest BCUT2D eigenvalue weighted by atomic mass is 16.7. The number of aliphatic hydroxyl groups is 12. The molecule has 3 amide bonds. The third-order valence-corrected chi connectivity index (χ3v) is 10.3. The van der Waals surface area contributed by atoms with Gasteiger partial charge in [0.2, 0.25) is 17.7 Å². The maximum atomic E-state index is 13.7. The van der Waals surface area contributed by atoms with Crippen molar-refractivity contribution in [2.75, 3.05) is 78.9 Å². The molecule has 0 aromatic carbocycles. The predicted molar refractivity (Wildman–Crippen MR) is 201 cm³/mol. The fraction of sp³-hybridized carbons (Fsp3) is 0.914. The Labute approximate surface area is 351 Å². The molecule has 1 unspecified atom stereocenters. The largest absolute Gasteiger partial charge is 0.394 e. The van der Waals surface area contributed by atoms with Crippen LogP contribution >= 0.6 is 0 Å². The van der Waals surface area contributed by atoms with Gasteiger partial charge in [-0.2, -0.15) is 0 Å². The van der Waals surface area contributed by atoms with E-state index in [0.29, 0.717) is 25.8 Å². The summed E-state index contributed by atoms with van der Waals surface area (Å²) in [7, 11) is 0. The van der Waals surface area contributed by atoms with E-state index in [4.69, 9.17) is 34.2 Å². The molecule has 0 bridgehead atoms. The summed E-state index contributed by atoms with van der Waals surface area (Å²) >= 11 is 0. The number of amides is 3. The Bertz CT molecular complexity index is 1230. The molecule has 26 nitrogen and oxygen atoms in total. The number of hydrogen-bond donors (Lipinski definition) is 16. The van der Waals surface area contributed by atoms with Gasteiger partial charge in [0.05, 0.1) is 58.8 Å². The van der Waals surface area contributed by atoms with E-state index in [0.717, 1.165) is 0 Å². The van der Waals surface area contributed by atoms with Gasteiger partial charge < -0.3 is 111 Å². The maximum absolute atomic E-state index is 13.7. The van der Waals surface area contributed by atoms with Gasteiger partial charge in [0.25, 0.3) is 0 Å². The Morgan fingerprint density at radius 3 is 1.23 bits per heavy atom. The molecule has 0 aromatic rings. The first-order chi connectivity index (χ1) is 29.1. The molecule has 0 saturated carbocycles. The predicted octanol–water partition coefficient (Wildman–Crippen LogP) is -10.0. The summed E-state index contributed by atoms with van der Waals surface area (Å²) < 4.78 is 32.2. The molecule has 3 rings (SSSR count). The molecule has 3 saturated heterocycles. The summed E-state index contributed by atoms with van der Waals surface area (Å²) in [4.78, 5) is 41.6. The smallest absolute Gasteiger partial charge is 0.237 e. The van der Waals surface area contributed by atoms with Crippen molar-refractivity contribution in [3.05, 3.63) is 0 Å². The summed E-state index contributed by atoms with van der Waals surface area (Å²) in [6.45, 7) is -4.11. The van der Waals surface area contributed by atoms with Crippen LogP contribution < -0.4 is 21.7 Å². The van der Waals surface area contributed by atoms with Crippen molar-refractivity contribution < 1.29 is 104 Å². The topological polar surface area (TPSA) is 415 Å². The lowest BCUT2D eigenvalue weighted by Gasteiger charge is -2.39. The van der Waals surface area contributed by atoms with Crippen LogP contribution in [0.3, 0.4) is 0 Å². The Kier molecular flexibility index (Phi) is 23.5. The summed E-state index contributed by atoms with van der Waals surface area (Å²) in [6.07, 6.45) is -21.1. The molecule has 61 heavy (non-hydrogen) atoms. The molecular weight excluding hydrogens is 826 g/mol. The molecule has 17 N–H and O–H groups in total. The minimum absolute atomic E-state index is 0.139. The number of carbonyl (C=O) groups excluding carboxylic acids is 3. The lowest BCUT2D eigenvalue weighted by molar-refractivity contribution is -0.300. The van der Waals surface area contributed by atoms with Gasteiger partial charge >= 0.3 is 0 Å². The number of rotatable bonds is 26. The molecule has 3 fully saturated rings. The van der Waals surface area contributed by atoms with Crippen LogP contribution in [0, 0.1) is 0 Å². The molecule has 26 heteroatoms. The van der Waals surface area contributed by atoms with Gasteiger partial charge in [-0.25, -0.2) is 0 Å². The van der Waals surface area contributed by atoms with E-state index in [-0.39, 0.29) is 45.9 Å². The lowest BCUT2D eigenvalue weighted by atomic mass is 9.99. The second kappa shape index (κ2) is 27.1. The maximum Gasteiger partial charge on any atom is 0.237 e. The first-order valence-electron chi connectivity index (χ1n) is 20.1. The van der Waals surface area contributed by atoms with Gasteiger partial charge in [-0.15, -0.1) is 0 Å². The second-order valence-electron chi connectivity index (χ2n) is 14.8. The molecule has 3 aliphatic heterocycles. The molecule has 16 atom stereocenters. The van der Waals surface area contributed by atoms with Crippen molar-refractivity contribution in [1.82, 2.24) is 20.9 Å². The minimum atomic E-state index is -1.69. The van der Waals surface area contributed by atoms with Crippen LogP contribution in [0.1, 0.15) is 25.7 Å². The minimum Gasteiger partial charge on any atom is -0.394 e. The van der Waals surface area contributed by atoms with Crippen molar-refractivity contribution in [1.29, 1.82) is 0 Å². The first-order valence-corrected chi connectivity index (χ1v) is 20.1. The number of carbonyl (C=O) groups is 3. The van der Waals surface area contributed by atoms with Crippen LogP contribution in [0.5, 0.6) is 0 Å². The summed E-state index contributed by atoms with van der Waals surface area (Å²) in [5, 5.41) is 127. The molecule has 356 valence electrons. The average molecular weight is 892 g/mol. The Morgan fingerprint density at radius 1 is 0.525 bits per heavy atom. The third-order valence-electron chi connectivity index (χ3n) is 10.3. The van der Waals surface area contributed by atoms with E-state index in [1.54, 1.807) is 0 Å². The lowest BCUT2D eigenvalue weighted by Crippen LogP contribution is -2.59. The number of aliphatic hydroxyl groups excluding tert-OH is 12. The molecular formula is C35H65N5O21. The van der Waals surface area contributed by atoms with Gasteiger partial charge in [-0.3, -0.25) is 19.3 Å². The van der Waals surface area contributed by atoms with E-state index in [9.17, 15) is 75.7 Å². The number of nitrogens with one attached hydrogen (secondary N) is 3. The first kappa shape index (κ1) is 53.0. The average Bonchev–Trinajstić information content (AvgIpc) is 3.24. The highest BCUT2D eigenvalue weighted by Crippen LogP contribution is 2.24. The SMILES string of the molecule is NCCCCCC(C(=O)NCCO[C@H]1O[C@H](CO)[C@@H](O)[C@H](O)[C@@H]1O)N(CC(=O)NCCO[C@H]1O[C@H](CO)[C@@H](O)[C@H](O)[C@@H]1O)CC(=O)NCCO[C@H]1O[C@H](CO)[C@@H](O)[C@H](O)[C@@H]1O. The molecule has 0 radical (unpaired) electrons. The van der Waals surface area contributed by atoms with E-state index < -0.39 is 149 Å². The van der Waals surface area contributed by atoms with Gasteiger partial charge in [-0.05, 0) is 19.4 Å². The van der Waals surface area contributed by atoms with E-state index in [2.05, 4.69) is 16.0 Å². The van der Waals surface area contributed by atoms with Crippen molar-refractivity contribution in [3.63, 3.8) is 0 Å². The van der Waals surface area contributed by atoms with Crippen LogP contribution in [-0.2, 0) is 42.8 Å². The normalized spacial score (nSPS) is 34.8. The molecule has 0 aromatic heterocycles. The van der Waals surface area contributed by atoms with Crippen molar-refractivity contribution in [2.24, 2.45) is 5.73 Å². The third kappa shape index (κ3) is 15.7. The number of nitrogens with two attached hydrogens (primary N) is 1. The van der Waals surface area contributed by atoms with Crippen LogP contribution in [-0.4, -0.2) is 261 Å². The van der Waals surface area contributed by atoms with Crippen molar-refractivity contribution in [2.45, 2.75) is 124 Å². The van der Waals surface area contributed by atoms with Gasteiger partial charge in [0.15, 0.2) is 18.9 Å². The fourth-order valence-corrected chi connectivity index (χ4v) is 6.71. The Morgan fingerprint density at radius 2 is 0.885 bits per heavy atom. The molecule has 0 spiro atoms. The number of hydrogen-bond acceptors (Lipinski definition) is 23. The van der Waals surface area contributed by atoms with Crippen LogP contribution in [0.15, 0.2) is 0 Å². The fourth-order valence-electron chi connectivity index (χ4n) is 6.71. The van der Waals surface area contributed by atoms with E-state index in [1.807, 2.05) is 0 Å². The quantitative estimate of drug-likeness (QED) is 0.0359. The molecule has 3 heterocycles. The summed E-state index contributed by atoms with van der Waals surface area (Å²) in [5.74, 6) is -1.99. The number of ether oxygens (including phenoxy) is 6. The zero-order valence-electron chi connectivity index (χ0n) is 33.6. The van der Waals surface area contributed by atoms with Crippen LogP contribution in [0.2, 0.25) is 0 Å². The zero-order valence-corrected chi connectivity index (χ0v) is 33.6. The van der Waals surface area contributed by atoms with Crippen molar-refractivity contribution in [3.8, 4) is 0 Å². The highest BCUT2D eigenvalue weighted by molar-refractivity contribution is 5.86. The Hall–Kier alpha value is -2.39. The molecule has 0 aliphatic carbocycles. The van der Waals surface area contributed by atoms with E-state index >= 15 is 0 Å². The number of unbranched alkanes of at least 4 members (excludes halogenated alkanes) is 2. The van der Waals surface area contributed by atoms with Crippen molar-refractivity contribution >= 4 is 17.7 Å². The van der Waals surface area contributed by atoms with Gasteiger partial charge in [0, 0.05) is 19.6 Å². The highest BCUT2D eigenvalue weighted by Gasteiger charge is 2.46. The van der Waals surface area contributed by atoms with Crippen LogP contribution in [0.4, 0.5) is 0 Å². The summed E-state index contributed by atoms with van der Waals surface area (Å²) in [5.41, 5.74) is 5.65.